The Morgan fingerprint density at radius 1 is 1.10 bits per heavy atom. The molecule has 17 heteroatoms. The van der Waals surface area contributed by atoms with E-state index in [-0.39, 0.29) is 69.8 Å². The van der Waals surface area contributed by atoms with Crippen LogP contribution in [-0.2, 0) is 10.9 Å². The standard InChI is InChI=1S/C35H37F6N7O3S/c1-33(2,3)51-32(49)46-31-44-27-20(7-8-23(37)28(27)52-31)24-22(35(39,40)41)11-21-26(25(24)38)43-30(45-29(21)48-18-5-6-19(48)14-42-13-18)50-16-34-9-4-10-47(34)15-17(36)12-34/h7-8,11,17-19,42H,4-6,9-10,12-16H2,1-3H3,(H,44,46,49)/t17-,18?,19?,34+/m1/s1. The molecule has 278 valence electrons. The van der Waals surface area contributed by atoms with Crippen molar-refractivity contribution >= 4 is 49.5 Å². The van der Waals surface area contributed by atoms with Gasteiger partial charge in [-0.1, -0.05) is 11.3 Å². The van der Waals surface area contributed by atoms with Gasteiger partial charge in [-0.15, -0.1) is 0 Å². The zero-order valence-corrected chi connectivity index (χ0v) is 29.5. The van der Waals surface area contributed by atoms with Gasteiger partial charge in [0.15, 0.2) is 10.9 Å². The quantitative estimate of drug-likeness (QED) is 0.195. The minimum Gasteiger partial charge on any atom is -0.461 e. The molecule has 2 aromatic heterocycles. The number of hydrogen-bond acceptors (Lipinski definition) is 10. The molecular weight excluding hydrogens is 712 g/mol. The Hall–Kier alpha value is -3.96. The second-order valence-corrected chi connectivity index (χ2v) is 16.1. The van der Waals surface area contributed by atoms with Crippen LogP contribution in [0.15, 0.2) is 18.2 Å². The summed E-state index contributed by atoms with van der Waals surface area (Å²) in [5.74, 6) is -2.00. The number of halogens is 6. The van der Waals surface area contributed by atoms with Crippen molar-refractivity contribution in [1.82, 2.24) is 25.2 Å². The van der Waals surface area contributed by atoms with E-state index in [0.29, 0.717) is 37.4 Å². The first-order valence-electron chi connectivity index (χ1n) is 17.3. The number of piperazine rings is 1. The van der Waals surface area contributed by atoms with Crippen LogP contribution in [0.2, 0.25) is 0 Å². The number of amides is 1. The van der Waals surface area contributed by atoms with Crippen LogP contribution < -0.4 is 20.3 Å². The van der Waals surface area contributed by atoms with Gasteiger partial charge >= 0.3 is 18.3 Å². The summed E-state index contributed by atoms with van der Waals surface area (Å²) in [4.78, 5) is 29.7. The van der Waals surface area contributed by atoms with E-state index in [2.05, 4.69) is 25.6 Å². The number of ether oxygens (including phenoxy) is 2. The van der Waals surface area contributed by atoms with Crippen molar-refractivity contribution in [2.45, 2.75) is 88.4 Å². The molecule has 1 amide bonds. The normalized spacial score (nSPS) is 24.9. The van der Waals surface area contributed by atoms with Crippen LogP contribution in [0.1, 0.15) is 58.4 Å². The number of anilines is 2. The minimum absolute atomic E-state index is 0.0344. The number of alkyl halides is 4. The van der Waals surface area contributed by atoms with E-state index in [1.807, 2.05) is 9.80 Å². The van der Waals surface area contributed by atoms with Crippen LogP contribution in [0.4, 0.5) is 42.1 Å². The molecule has 4 aliphatic heterocycles. The maximum atomic E-state index is 17.2. The van der Waals surface area contributed by atoms with E-state index in [1.54, 1.807) is 20.8 Å². The highest BCUT2D eigenvalue weighted by Crippen LogP contribution is 2.48. The topological polar surface area (TPSA) is 105 Å². The Bertz CT molecular complexity index is 2060. The van der Waals surface area contributed by atoms with Gasteiger partial charge in [-0.25, -0.2) is 22.9 Å². The number of nitrogens with one attached hydrogen (secondary N) is 2. The van der Waals surface area contributed by atoms with E-state index < -0.39 is 57.9 Å². The molecular formula is C35H37F6N7O3S. The molecule has 8 rings (SSSR count). The first-order chi connectivity index (χ1) is 24.6. The molecule has 4 aliphatic rings. The molecule has 0 spiro atoms. The number of benzene rings is 2. The fraction of sp³-hybridized carbons (Fsp3) is 0.543. The summed E-state index contributed by atoms with van der Waals surface area (Å²) >= 11 is 0.676. The average Bonchev–Trinajstić information content (AvgIpc) is 3.79. The number of carbonyl (C=O) groups is 1. The number of hydrogen-bond donors (Lipinski definition) is 2. The Morgan fingerprint density at radius 2 is 1.85 bits per heavy atom. The zero-order chi connectivity index (χ0) is 36.7. The monoisotopic (exact) mass is 749 g/mol. The van der Waals surface area contributed by atoms with Crippen molar-refractivity contribution in [3.8, 4) is 17.1 Å². The number of nitrogens with zero attached hydrogens (tertiary/aromatic N) is 5. The summed E-state index contributed by atoms with van der Waals surface area (Å²) < 4.78 is 103. The maximum Gasteiger partial charge on any atom is 0.417 e. The van der Waals surface area contributed by atoms with Gasteiger partial charge in [-0.3, -0.25) is 10.2 Å². The molecule has 0 saturated carbocycles. The van der Waals surface area contributed by atoms with E-state index in [4.69, 9.17) is 9.47 Å². The molecule has 2 bridgehead atoms. The molecule has 10 nitrogen and oxygen atoms in total. The highest BCUT2D eigenvalue weighted by Gasteiger charge is 2.50. The van der Waals surface area contributed by atoms with Gasteiger partial charge in [0.05, 0.1) is 21.3 Å². The van der Waals surface area contributed by atoms with Gasteiger partial charge in [-0.05, 0) is 71.2 Å². The molecule has 0 aliphatic carbocycles. The summed E-state index contributed by atoms with van der Waals surface area (Å²) in [5.41, 5.74) is -4.68. The van der Waals surface area contributed by atoms with Gasteiger partial charge in [0.2, 0.25) is 0 Å². The number of carbonyl (C=O) groups excluding carboxylic acids is 1. The summed E-state index contributed by atoms with van der Waals surface area (Å²) in [6.45, 7) is 7.09. The second kappa shape index (κ2) is 12.6. The lowest BCUT2D eigenvalue weighted by molar-refractivity contribution is -0.137. The molecule has 4 saturated heterocycles. The Labute approximate surface area is 298 Å². The van der Waals surface area contributed by atoms with Crippen molar-refractivity contribution in [3.05, 3.63) is 35.4 Å². The van der Waals surface area contributed by atoms with E-state index >= 15 is 22.0 Å². The predicted octanol–water partition coefficient (Wildman–Crippen LogP) is 7.45. The molecule has 52 heavy (non-hydrogen) atoms. The summed E-state index contributed by atoms with van der Waals surface area (Å²) in [6.07, 6.45) is -3.64. The Morgan fingerprint density at radius 3 is 2.56 bits per heavy atom. The molecule has 4 atom stereocenters. The molecule has 6 heterocycles. The lowest BCUT2D eigenvalue weighted by atomic mass is 9.94. The van der Waals surface area contributed by atoms with E-state index in [1.165, 1.54) is 0 Å². The second-order valence-electron chi connectivity index (χ2n) is 15.1. The third kappa shape index (κ3) is 6.17. The third-order valence-corrected chi connectivity index (χ3v) is 11.4. The highest BCUT2D eigenvalue weighted by molar-refractivity contribution is 7.22. The first kappa shape index (κ1) is 35.1. The van der Waals surface area contributed by atoms with Crippen molar-refractivity contribution in [3.63, 3.8) is 0 Å². The van der Waals surface area contributed by atoms with Gasteiger partial charge in [0.1, 0.15) is 35.5 Å². The number of thiazole rings is 1. The Balaban J connectivity index is 1.29. The van der Waals surface area contributed by atoms with Gasteiger partial charge in [0, 0.05) is 54.7 Å². The van der Waals surface area contributed by atoms with Gasteiger partial charge in [0.25, 0.3) is 0 Å². The molecule has 0 radical (unpaired) electrons. The van der Waals surface area contributed by atoms with Crippen LogP contribution >= 0.6 is 11.3 Å². The largest absolute Gasteiger partial charge is 0.461 e. The third-order valence-electron chi connectivity index (χ3n) is 10.4. The Kier molecular flexibility index (Phi) is 8.49. The van der Waals surface area contributed by atoms with Crippen molar-refractivity contribution in [2.75, 3.05) is 43.0 Å². The number of aromatic nitrogens is 3. The van der Waals surface area contributed by atoms with Crippen LogP contribution in [0.25, 0.3) is 32.2 Å². The molecule has 4 aromatic rings. The molecule has 2 N–H and O–H groups in total. The lowest BCUT2D eigenvalue weighted by Crippen LogP contribution is -2.52. The molecule has 2 unspecified atom stereocenters. The van der Waals surface area contributed by atoms with Gasteiger partial charge < -0.3 is 19.7 Å². The average molecular weight is 750 g/mol. The summed E-state index contributed by atoms with van der Waals surface area (Å²) in [5, 5.41) is 5.44. The number of rotatable bonds is 6. The maximum absolute atomic E-state index is 17.2. The highest BCUT2D eigenvalue weighted by atomic mass is 32.1. The molecule has 4 fully saturated rings. The zero-order valence-electron chi connectivity index (χ0n) is 28.7. The van der Waals surface area contributed by atoms with E-state index in [0.717, 1.165) is 37.5 Å². The lowest BCUT2D eigenvalue weighted by Gasteiger charge is -2.37. The fourth-order valence-electron chi connectivity index (χ4n) is 8.33. The molecule has 2 aromatic carbocycles. The van der Waals surface area contributed by atoms with Crippen molar-refractivity contribution in [2.24, 2.45) is 0 Å². The smallest absolute Gasteiger partial charge is 0.417 e. The van der Waals surface area contributed by atoms with Gasteiger partial charge in [-0.2, -0.15) is 23.1 Å². The van der Waals surface area contributed by atoms with E-state index in [9.17, 15) is 9.18 Å². The van der Waals surface area contributed by atoms with Crippen molar-refractivity contribution < 1.29 is 40.6 Å². The van der Waals surface area contributed by atoms with Crippen molar-refractivity contribution in [1.29, 1.82) is 0 Å². The fourth-order valence-corrected chi connectivity index (χ4v) is 9.22. The van der Waals surface area contributed by atoms with Crippen LogP contribution in [-0.4, -0.2) is 88.1 Å². The van der Waals surface area contributed by atoms with Crippen LogP contribution in [0.5, 0.6) is 6.01 Å². The first-order valence-corrected chi connectivity index (χ1v) is 18.1. The number of fused-ring (bicyclic) bond motifs is 5. The SMILES string of the molecule is CC(C)(C)OC(=O)Nc1nc2c(-c3c(C(F)(F)F)cc4c(N5C6CCC5CNC6)nc(OC[C@@]56CCCN5C[C@H](F)C6)nc4c3F)ccc(F)c2s1. The van der Waals surface area contributed by atoms with Crippen LogP contribution in [0.3, 0.4) is 0 Å². The summed E-state index contributed by atoms with van der Waals surface area (Å²) in [6, 6.07) is 2.38. The minimum atomic E-state index is -5.07. The summed E-state index contributed by atoms with van der Waals surface area (Å²) in [7, 11) is 0. The predicted molar refractivity (Wildman–Crippen MR) is 184 cm³/mol. The van der Waals surface area contributed by atoms with Crippen LogP contribution in [0, 0.1) is 11.6 Å².